The third-order valence-corrected chi connectivity index (χ3v) is 4.73. The number of carbonyl (C=O) groups excluding carboxylic acids is 1. The molecule has 3 rings (SSSR count). The highest BCUT2D eigenvalue weighted by molar-refractivity contribution is 5.92. The molecule has 0 aromatic heterocycles. The minimum Gasteiger partial charge on any atom is -0.321 e. The molecule has 3 nitrogen and oxygen atoms in total. The molecule has 1 amide bonds. The molecule has 2 aliphatic rings. The fourth-order valence-electron chi connectivity index (χ4n) is 3.10. The molecule has 1 aromatic rings. The summed E-state index contributed by atoms with van der Waals surface area (Å²) >= 11 is 0. The first-order valence-corrected chi connectivity index (χ1v) is 7.97. The molecule has 1 aliphatic heterocycles. The minimum absolute atomic E-state index is 0.0450. The summed E-state index contributed by atoms with van der Waals surface area (Å²) in [5.74, 6) is 0.306. The largest absolute Gasteiger partial charge is 0.321 e. The van der Waals surface area contributed by atoms with Crippen LogP contribution in [0.25, 0.3) is 0 Å². The van der Waals surface area contributed by atoms with Gasteiger partial charge in [-0.1, -0.05) is 45.0 Å². The topological polar surface area (TPSA) is 32.3 Å². The number of carbonyl (C=O) groups is 1. The molecule has 1 aliphatic carbocycles. The van der Waals surface area contributed by atoms with Gasteiger partial charge in [-0.15, -0.1) is 0 Å². The molecule has 1 saturated heterocycles. The highest BCUT2D eigenvalue weighted by atomic mass is 16.2. The highest BCUT2D eigenvalue weighted by Crippen LogP contribution is 2.46. The first kappa shape index (κ1) is 14.6. The van der Waals surface area contributed by atoms with Crippen LogP contribution < -0.4 is 5.32 Å². The average molecular weight is 286 g/mol. The first-order chi connectivity index (χ1) is 9.82. The van der Waals surface area contributed by atoms with E-state index in [1.54, 1.807) is 0 Å². The lowest BCUT2D eigenvalue weighted by Crippen LogP contribution is -2.34. The van der Waals surface area contributed by atoms with E-state index in [-0.39, 0.29) is 17.1 Å². The summed E-state index contributed by atoms with van der Waals surface area (Å²) in [5.41, 5.74) is 2.49. The molecule has 3 heteroatoms. The lowest BCUT2D eigenvalue weighted by molar-refractivity contribution is -0.131. The molecule has 1 N–H and O–H groups in total. The zero-order chi connectivity index (χ0) is 15.3. The smallest absolute Gasteiger partial charge is 0.244 e. The number of hydrogen-bond acceptors (Lipinski definition) is 2. The predicted molar refractivity (Wildman–Crippen MR) is 84.8 cm³/mol. The Morgan fingerprint density at radius 1 is 1.29 bits per heavy atom. The third-order valence-electron chi connectivity index (χ3n) is 4.73. The van der Waals surface area contributed by atoms with Crippen LogP contribution in [-0.4, -0.2) is 22.9 Å². The van der Waals surface area contributed by atoms with E-state index in [4.69, 9.17) is 0 Å². The minimum atomic E-state index is -0.245. The summed E-state index contributed by atoms with van der Waals surface area (Å²) in [4.78, 5) is 14.8. The van der Waals surface area contributed by atoms with E-state index in [0.717, 1.165) is 25.8 Å². The Hall–Kier alpha value is -1.35. The Kier molecular flexibility index (Phi) is 3.36. The van der Waals surface area contributed by atoms with Gasteiger partial charge in [-0.25, -0.2) is 0 Å². The zero-order valence-electron chi connectivity index (χ0n) is 13.6. The van der Waals surface area contributed by atoms with Crippen molar-refractivity contribution in [3.05, 3.63) is 35.4 Å². The molecule has 1 aromatic carbocycles. The van der Waals surface area contributed by atoms with Crippen LogP contribution in [0, 0.1) is 12.3 Å². The van der Waals surface area contributed by atoms with Gasteiger partial charge in [-0.2, -0.15) is 0 Å². The SMILES string of the molecule is Cc1ccccc1C1NC2(CC2)C(=O)N1CCC(C)(C)C. The number of aryl methyl sites for hydroxylation is 1. The van der Waals surface area contributed by atoms with Gasteiger partial charge in [0.2, 0.25) is 5.91 Å². The Labute approximate surface area is 127 Å². The predicted octanol–water partition coefficient (Wildman–Crippen LogP) is 3.39. The van der Waals surface area contributed by atoms with Gasteiger partial charge in [-0.3, -0.25) is 10.1 Å². The number of hydrogen-bond donors (Lipinski definition) is 1. The zero-order valence-corrected chi connectivity index (χ0v) is 13.6. The lowest BCUT2D eigenvalue weighted by atomic mass is 9.92. The molecule has 114 valence electrons. The van der Waals surface area contributed by atoms with E-state index in [1.165, 1.54) is 11.1 Å². The summed E-state index contributed by atoms with van der Waals surface area (Å²) in [5, 5.41) is 3.61. The summed E-state index contributed by atoms with van der Waals surface area (Å²) in [6.07, 6.45) is 3.04. The molecule has 1 spiro atoms. The van der Waals surface area contributed by atoms with Crippen molar-refractivity contribution in [2.75, 3.05) is 6.54 Å². The molecule has 1 unspecified atom stereocenters. The van der Waals surface area contributed by atoms with E-state index < -0.39 is 0 Å². The van der Waals surface area contributed by atoms with E-state index in [1.807, 2.05) is 0 Å². The molecule has 1 heterocycles. The highest BCUT2D eigenvalue weighted by Gasteiger charge is 2.59. The van der Waals surface area contributed by atoms with Crippen LogP contribution in [0.1, 0.15) is 57.3 Å². The third kappa shape index (κ3) is 2.71. The molecule has 0 bridgehead atoms. The van der Waals surface area contributed by atoms with Gasteiger partial charge in [0.1, 0.15) is 11.7 Å². The Balaban J connectivity index is 1.87. The van der Waals surface area contributed by atoms with E-state index in [0.29, 0.717) is 5.91 Å². The monoisotopic (exact) mass is 286 g/mol. The second-order valence-electron chi connectivity index (χ2n) is 7.79. The second kappa shape index (κ2) is 4.84. The standard InChI is InChI=1S/C18H26N2O/c1-13-7-5-6-8-14(13)15-19-18(9-10-18)16(21)20(15)12-11-17(2,3)4/h5-8,15,19H,9-12H2,1-4H3. The Morgan fingerprint density at radius 2 is 1.95 bits per heavy atom. The summed E-state index contributed by atoms with van der Waals surface area (Å²) in [7, 11) is 0. The van der Waals surface area contributed by atoms with Gasteiger partial charge in [0.15, 0.2) is 0 Å². The molecular formula is C18H26N2O. The molecular weight excluding hydrogens is 260 g/mol. The van der Waals surface area contributed by atoms with Crippen molar-refractivity contribution >= 4 is 5.91 Å². The molecule has 1 atom stereocenters. The first-order valence-electron chi connectivity index (χ1n) is 7.97. The van der Waals surface area contributed by atoms with E-state index >= 15 is 0 Å². The van der Waals surface area contributed by atoms with Gasteiger partial charge in [-0.05, 0) is 42.7 Å². The lowest BCUT2D eigenvalue weighted by Gasteiger charge is -2.29. The average Bonchev–Trinajstić information content (AvgIpc) is 3.12. The quantitative estimate of drug-likeness (QED) is 0.923. The molecule has 2 fully saturated rings. The fourth-order valence-corrected chi connectivity index (χ4v) is 3.10. The van der Waals surface area contributed by atoms with Crippen LogP contribution in [0.4, 0.5) is 0 Å². The fraction of sp³-hybridized carbons (Fsp3) is 0.611. The van der Waals surface area contributed by atoms with Crippen molar-refractivity contribution in [1.29, 1.82) is 0 Å². The van der Waals surface area contributed by atoms with Crippen LogP contribution in [0.2, 0.25) is 0 Å². The van der Waals surface area contributed by atoms with Crippen LogP contribution in [0.3, 0.4) is 0 Å². The number of rotatable bonds is 3. The molecule has 21 heavy (non-hydrogen) atoms. The van der Waals surface area contributed by atoms with Gasteiger partial charge in [0.05, 0.1) is 0 Å². The van der Waals surface area contributed by atoms with Gasteiger partial charge in [0, 0.05) is 6.54 Å². The van der Waals surface area contributed by atoms with Crippen molar-refractivity contribution in [1.82, 2.24) is 10.2 Å². The molecule has 1 saturated carbocycles. The van der Waals surface area contributed by atoms with Gasteiger partial charge in [0.25, 0.3) is 0 Å². The normalized spacial score (nSPS) is 23.9. The maximum Gasteiger partial charge on any atom is 0.244 e. The van der Waals surface area contributed by atoms with Crippen molar-refractivity contribution in [3.63, 3.8) is 0 Å². The van der Waals surface area contributed by atoms with Crippen molar-refractivity contribution in [2.24, 2.45) is 5.41 Å². The number of benzene rings is 1. The van der Waals surface area contributed by atoms with Crippen molar-refractivity contribution < 1.29 is 4.79 Å². The number of nitrogens with zero attached hydrogens (tertiary/aromatic N) is 1. The summed E-state index contributed by atoms with van der Waals surface area (Å²) < 4.78 is 0. The van der Waals surface area contributed by atoms with Gasteiger partial charge >= 0.3 is 0 Å². The second-order valence-corrected chi connectivity index (χ2v) is 7.79. The van der Waals surface area contributed by atoms with E-state index in [2.05, 4.69) is 62.2 Å². The number of amides is 1. The van der Waals surface area contributed by atoms with Crippen LogP contribution in [0.15, 0.2) is 24.3 Å². The Bertz CT molecular complexity index is 555. The van der Waals surface area contributed by atoms with Crippen LogP contribution >= 0.6 is 0 Å². The van der Waals surface area contributed by atoms with Crippen molar-refractivity contribution in [2.45, 2.75) is 58.7 Å². The summed E-state index contributed by atoms with van der Waals surface area (Å²) in [6, 6.07) is 8.39. The van der Waals surface area contributed by atoms with E-state index in [9.17, 15) is 4.79 Å². The van der Waals surface area contributed by atoms with Crippen molar-refractivity contribution in [3.8, 4) is 0 Å². The van der Waals surface area contributed by atoms with Crippen LogP contribution in [-0.2, 0) is 4.79 Å². The maximum atomic E-state index is 12.8. The number of nitrogens with one attached hydrogen (secondary N) is 1. The summed E-state index contributed by atoms with van der Waals surface area (Å²) in [6.45, 7) is 9.65. The van der Waals surface area contributed by atoms with Gasteiger partial charge < -0.3 is 4.90 Å². The molecule has 0 radical (unpaired) electrons. The Morgan fingerprint density at radius 3 is 2.52 bits per heavy atom. The maximum absolute atomic E-state index is 12.8. The van der Waals surface area contributed by atoms with Crippen LogP contribution in [0.5, 0.6) is 0 Å².